The predicted molar refractivity (Wildman–Crippen MR) is 596 cm³/mol. The van der Waals surface area contributed by atoms with Gasteiger partial charge >= 0.3 is 39.4 Å². The van der Waals surface area contributed by atoms with Crippen LogP contribution in [0.15, 0.2) is 82.4 Å². The van der Waals surface area contributed by atoms with Crippen LogP contribution < -0.4 is 42.3 Å². The number of rotatable bonds is 9. The number of amides is 4. The molecule has 7 fully saturated rings. The van der Waals surface area contributed by atoms with E-state index in [2.05, 4.69) is 90.5 Å². The molecule has 11 aromatic rings. The lowest BCUT2D eigenvalue weighted by Gasteiger charge is -2.36. The number of hydrogen-bond acceptors (Lipinski definition) is 31. The molecule has 7 saturated heterocycles. The van der Waals surface area contributed by atoms with Crippen molar-refractivity contribution in [3.63, 3.8) is 0 Å². The average molecular weight is 2380 g/mol. The maximum Gasteiger partial charge on any atom is 0.499 e. The van der Waals surface area contributed by atoms with Crippen molar-refractivity contribution in [3.05, 3.63) is 141 Å². The van der Waals surface area contributed by atoms with E-state index < -0.39 is 72.4 Å². The van der Waals surface area contributed by atoms with Crippen LogP contribution in [-0.2, 0) is 46.9 Å². The highest BCUT2D eigenvalue weighted by atomic mass is 79.9. The molecule has 18 rings (SSSR count). The molecule has 794 valence electrons. The molecule has 4 amide bonds. The molecule has 7 aliphatic rings. The highest BCUT2D eigenvalue weighted by molar-refractivity contribution is 9.10. The number of benzene rings is 4. The molecule has 147 heavy (non-hydrogen) atoms. The summed E-state index contributed by atoms with van der Waals surface area (Å²) in [6, 6.07) is 16.3. The van der Waals surface area contributed by atoms with Crippen LogP contribution in [0.1, 0.15) is 153 Å². The van der Waals surface area contributed by atoms with Gasteiger partial charge in [-0.1, -0.05) is 95.2 Å². The minimum atomic E-state index is -0.908. The smallest absolute Gasteiger partial charge is 0.444 e. The molecule has 0 spiro atoms. The molecule has 31 nitrogen and oxygen atoms in total. The summed E-state index contributed by atoms with van der Waals surface area (Å²) in [4.78, 5) is 75.8. The summed E-state index contributed by atoms with van der Waals surface area (Å²) < 4.78 is 131. The molecular formula is C96H118B3Br2Cl7F4N18O13S4. The van der Waals surface area contributed by atoms with Crippen LogP contribution in [0.4, 0.5) is 69.4 Å². The molecule has 7 aromatic heterocycles. The molecule has 0 saturated carbocycles. The third kappa shape index (κ3) is 26.8. The Bertz CT molecular complexity index is 6660. The van der Waals surface area contributed by atoms with E-state index in [1.807, 2.05) is 145 Å². The first-order chi connectivity index (χ1) is 67.9. The van der Waals surface area contributed by atoms with E-state index in [1.54, 1.807) is 68.1 Å². The number of nitrogens with two attached hydrogens (primary N) is 3. The summed E-state index contributed by atoms with van der Waals surface area (Å²) in [5.41, 5.74) is 14.2. The number of ether oxygens (including phenoxy) is 3. The fourth-order valence-electron chi connectivity index (χ4n) is 15.7. The SMILES string of the molecule is C.C=CC(=O)N1CCN(c2snc3c(F)c(-c4nc(N)ccc4Cl)c(Cl)cc23)CC1.CC(C)(C)OC(=O)N1CCN(c2snc3c(F)c(-c4nc(N)ccc4Cl)c(Cl)cc23)CC1.CC(C)(C)OC(=O)N1CCN(c2snc3c(F)c(B4OC(C)(C)C(C)(C)O4)c(Cl)cc23)CC1.CC(C)(C)OC(=O)N1CCN(c2snc3c(F)c(Br)c(Cl)cc23)CC1.CC1(C)OB(B2OC(C)(C)C(C)(C)O2)OC1(C)C.Nc1ccc(Cl)c(Br)n1. The van der Waals surface area contributed by atoms with E-state index in [0.717, 1.165) is 20.0 Å². The average Bonchev–Trinajstić information content (AvgIpc) is 1.60. The summed E-state index contributed by atoms with van der Waals surface area (Å²) in [5, 5.41) is 7.84. The Balaban J connectivity index is 0.000000161. The third-order valence-corrected chi connectivity index (χ3v) is 33.2. The Morgan fingerprint density at radius 1 is 0.388 bits per heavy atom. The normalized spacial score (nSPS) is 17.9. The molecule has 51 heteroatoms. The second-order valence-corrected chi connectivity index (χ2v) is 48.5. The van der Waals surface area contributed by atoms with Crippen molar-refractivity contribution in [2.24, 2.45) is 0 Å². The number of anilines is 7. The fraction of sp³-hybridized carbons (Fsp3) is 0.490. The Hall–Kier alpha value is -7.83. The zero-order valence-corrected chi connectivity index (χ0v) is 96.1. The van der Waals surface area contributed by atoms with E-state index in [1.165, 1.54) is 64.3 Å². The summed E-state index contributed by atoms with van der Waals surface area (Å²) in [7, 11) is -1.86. The van der Waals surface area contributed by atoms with Crippen LogP contribution in [0.2, 0.25) is 35.2 Å². The van der Waals surface area contributed by atoms with E-state index >= 15 is 13.2 Å². The molecule has 0 unspecified atom stereocenters. The maximum atomic E-state index is 15.6. The second-order valence-electron chi connectivity index (χ2n) is 41.1. The Morgan fingerprint density at radius 2 is 0.653 bits per heavy atom. The van der Waals surface area contributed by atoms with Gasteiger partial charge in [0, 0.05) is 137 Å². The number of aromatic nitrogens is 7. The number of piperazine rings is 4. The Morgan fingerprint density at radius 3 is 0.946 bits per heavy atom. The minimum Gasteiger partial charge on any atom is -0.444 e. The number of halogens is 13. The van der Waals surface area contributed by atoms with Crippen LogP contribution in [0.25, 0.3) is 66.1 Å². The fourth-order valence-corrected chi connectivity index (χ4v) is 21.5. The summed E-state index contributed by atoms with van der Waals surface area (Å²) in [6.45, 7) is 53.0. The number of hydrogen-bond donors (Lipinski definition) is 3. The quantitative estimate of drug-likeness (QED) is 0.0302. The lowest BCUT2D eigenvalue weighted by Crippen LogP contribution is -2.50. The van der Waals surface area contributed by atoms with Crippen LogP contribution in [0, 0.1) is 23.3 Å². The lowest BCUT2D eigenvalue weighted by molar-refractivity contribution is -0.126. The van der Waals surface area contributed by atoms with Gasteiger partial charge in [0.15, 0.2) is 23.3 Å². The molecule has 7 aliphatic heterocycles. The molecule has 0 atom stereocenters. The largest absolute Gasteiger partial charge is 0.499 e. The van der Waals surface area contributed by atoms with Crippen LogP contribution in [-0.4, -0.2) is 252 Å². The molecule has 0 radical (unpaired) electrons. The third-order valence-electron chi connectivity index (χ3n) is 25.6. The standard InChI is InChI=1S/C22H30BClFN3O4S.C21H22Cl2FN5O2S.C19H16Cl2FN5OS.C16H18BrClFN3O2S.C12H24B2O4.C5H4BrClN2.CH4/c1-20(2,3)30-19(29)28-10-8-27(9-11-28)18-13-12-14(24)15(16(25)17(13)26-33-18)23-31-21(4,5)22(6,7)32-23;1-21(2,3)31-20(30)29-8-6-28(7-9-29)19-11-10-13(23)15(16(24)17(11)27-32-19)18-12(22)4-5-14(25)26-18;1-2-14(28)26-5-7-27(8-6-26)19-10-9-12(21)15(16(22)17(10)25-29-19)18-11(20)3-4-13(23)24-18;1-16(2,3)24-15(23)22-6-4-21(5-7-22)14-9-8-10(18)11(17)12(19)13(9)20-25-14;1-9(2)10(3,4)16-13(15-9)14-17-11(5,6)12(7,8)18-14;6-5-3(7)1-2-4(8)9-5;/h12H,8-11H2,1-7H3;4-5,10H,6-9H2,1-3H3,(H2,25,26);2-4,9H,1,5-8H2,(H2,23,24);8H,4-7H2,1-3H3;1-8H3;1-2H,(H2,8,9);1H4. The van der Waals surface area contributed by atoms with E-state index in [-0.39, 0.29) is 140 Å². The Labute approximate surface area is 922 Å². The minimum absolute atomic E-state index is 0. The van der Waals surface area contributed by atoms with Crippen molar-refractivity contribution in [1.29, 1.82) is 0 Å². The number of carbonyl (C=O) groups is 4. The number of nitrogen functional groups attached to an aromatic ring is 3. The monoisotopic (exact) mass is 2370 g/mol. The number of nitrogens with zero attached hydrogens (tertiary/aromatic N) is 15. The van der Waals surface area contributed by atoms with Gasteiger partial charge in [0.1, 0.15) is 80.9 Å². The summed E-state index contributed by atoms with van der Waals surface area (Å²) >= 11 is 54.7. The van der Waals surface area contributed by atoms with Crippen molar-refractivity contribution in [2.75, 3.05) is 142 Å². The molecule has 4 aromatic carbocycles. The Kier molecular flexibility index (Phi) is 37.0. The molecule has 6 N–H and O–H groups in total. The predicted octanol–water partition coefficient (Wildman–Crippen LogP) is 24.0. The first-order valence-corrected chi connectivity index (χ1v) is 53.8. The highest BCUT2D eigenvalue weighted by Gasteiger charge is 2.64. The topological polar surface area (TPSA) is 346 Å². The molecule has 0 aliphatic carbocycles. The van der Waals surface area contributed by atoms with Crippen molar-refractivity contribution in [1.82, 2.24) is 52.0 Å². The number of fused-ring (bicyclic) bond motifs is 4. The number of carbonyl (C=O) groups excluding carboxylic acids is 4. The maximum absolute atomic E-state index is 15.6. The molecular weight excluding hydrogens is 2260 g/mol. The van der Waals surface area contributed by atoms with Gasteiger partial charge in [-0.3, -0.25) is 4.79 Å². The summed E-state index contributed by atoms with van der Waals surface area (Å²) in [5.74, 6) is -1.36. The van der Waals surface area contributed by atoms with Crippen molar-refractivity contribution >= 4 is 291 Å². The van der Waals surface area contributed by atoms with Gasteiger partial charge in [0.25, 0.3) is 0 Å². The van der Waals surface area contributed by atoms with Crippen LogP contribution >= 0.6 is 159 Å². The first-order valence-electron chi connectivity index (χ1n) is 46.5. The van der Waals surface area contributed by atoms with Gasteiger partial charge in [-0.25, -0.2) is 46.9 Å². The van der Waals surface area contributed by atoms with Gasteiger partial charge < -0.3 is 98.5 Å². The van der Waals surface area contributed by atoms with Gasteiger partial charge in [0.05, 0.1) is 90.7 Å². The van der Waals surface area contributed by atoms with E-state index in [0.29, 0.717) is 152 Å². The second kappa shape index (κ2) is 46.2. The van der Waals surface area contributed by atoms with Crippen molar-refractivity contribution < 1.29 is 78.9 Å². The molecule has 14 heterocycles. The van der Waals surface area contributed by atoms with E-state index in [4.69, 9.17) is 141 Å². The van der Waals surface area contributed by atoms with Crippen molar-refractivity contribution in [2.45, 2.75) is 203 Å². The molecule has 0 bridgehead atoms. The van der Waals surface area contributed by atoms with E-state index in [9.17, 15) is 23.6 Å². The zero-order valence-electron chi connectivity index (χ0n) is 84.4. The van der Waals surface area contributed by atoms with Crippen LogP contribution in [0.3, 0.4) is 0 Å². The number of pyridine rings is 3. The first kappa shape index (κ1) is 118. The zero-order chi connectivity index (χ0) is 107. The van der Waals surface area contributed by atoms with Crippen LogP contribution in [0.5, 0.6) is 0 Å². The lowest BCUT2D eigenvalue weighted by atomic mass is 9.49. The van der Waals surface area contributed by atoms with Gasteiger partial charge in [-0.2, -0.15) is 17.5 Å². The van der Waals surface area contributed by atoms with Gasteiger partial charge in [-0.15, -0.1) is 0 Å². The van der Waals surface area contributed by atoms with Gasteiger partial charge in [0.2, 0.25) is 5.91 Å². The van der Waals surface area contributed by atoms with Gasteiger partial charge in [-0.05, 0) is 290 Å². The summed E-state index contributed by atoms with van der Waals surface area (Å²) in [6.07, 6.45) is 0.345. The highest BCUT2D eigenvalue weighted by Crippen LogP contribution is 2.49. The van der Waals surface area contributed by atoms with Crippen molar-refractivity contribution in [3.8, 4) is 22.5 Å².